The molecule has 0 aromatic heterocycles. The summed E-state index contributed by atoms with van der Waals surface area (Å²) in [6, 6.07) is 0.556. The molecule has 6 nitrogen and oxygen atoms in total. The Morgan fingerprint density at radius 2 is 1.96 bits per heavy atom. The summed E-state index contributed by atoms with van der Waals surface area (Å²) in [6.45, 7) is 12.4. The minimum Gasteiger partial charge on any atom is -0.382 e. The number of methoxy groups -OCH3 is 1. The fraction of sp³-hybridized carbons (Fsp3) is 0.947. The highest BCUT2D eigenvalue weighted by Gasteiger charge is 2.26. The normalized spacial score (nSPS) is 24.7. The molecule has 2 unspecified atom stereocenters. The van der Waals surface area contributed by atoms with Crippen molar-refractivity contribution in [3.8, 4) is 0 Å². The number of likely N-dealkylation sites (tertiary alicyclic amines) is 2. The molecule has 2 aliphatic rings. The van der Waals surface area contributed by atoms with Crippen LogP contribution in [0.25, 0.3) is 0 Å². The lowest BCUT2D eigenvalue weighted by Gasteiger charge is -2.35. The standard InChI is InChI=1S/C19H38N4O2/c1-16-5-8-22(9-6-16)17(2)13-21-19(20-3)23-10-7-18(14-23)15-25-12-11-24-4/h16-18H,5-15H2,1-4H3,(H,20,21). The van der Waals surface area contributed by atoms with Crippen molar-refractivity contribution in [2.24, 2.45) is 16.8 Å². The molecule has 0 aromatic carbocycles. The molecule has 0 saturated carbocycles. The Bertz CT molecular complexity index is 397. The summed E-state index contributed by atoms with van der Waals surface area (Å²) < 4.78 is 10.7. The third-order valence-electron chi connectivity index (χ3n) is 5.58. The van der Waals surface area contributed by atoms with Crippen molar-refractivity contribution in [3.05, 3.63) is 0 Å². The van der Waals surface area contributed by atoms with Crippen LogP contribution in [0.3, 0.4) is 0 Å². The minimum absolute atomic E-state index is 0.556. The van der Waals surface area contributed by atoms with E-state index in [0.717, 1.165) is 38.1 Å². The van der Waals surface area contributed by atoms with Crippen LogP contribution < -0.4 is 5.32 Å². The molecule has 0 aromatic rings. The van der Waals surface area contributed by atoms with Crippen molar-refractivity contribution in [3.63, 3.8) is 0 Å². The van der Waals surface area contributed by atoms with E-state index in [2.05, 4.69) is 34.0 Å². The highest BCUT2D eigenvalue weighted by molar-refractivity contribution is 5.80. The van der Waals surface area contributed by atoms with Gasteiger partial charge in [-0.15, -0.1) is 0 Å². The van der Waals surface area contributed by atoms with Gasteiger partial charge < -0.3 is 19.7 Å². The van der Waals surface area contributed by atoms with Gasteiger partial charge in [0.05, 0.1) is 19.8 Å². The molecule has 146 valence electrons. The highest BCUT2D eigenvalue weighted by Crippen LogP contribution is 2.18. The molecular weight excluding hydrogens is 316 g/mol. The van der Waals surface area contributed by atoms with Gasteiger partial charge >= 0.3 is 0 Å². The quantitative estimate of drug-likeness (QED) is 0.408. The Labute approximate surface area is 153 Å². The maximum absolute atomic E-state index is 5.69. The number of rotatable bonds is 8. The zero-order chi connectivity index (χ0) is 18.1. The molecule has 2 fully saturated rings. The van der Waals surface area contributed by atoms with Crippen LogP contribution in [0.5, 0.6) is 0 Å². The van der Waals surface area contributed by atoms with Crippen LogP contribution in [0.1, 0.15) is 33.1 Å². The largest absolute Gasteiger partial charge is 0.382 e. The second-order valence-corrected chi connectivity index (χ2v) is 7.66. The van der Waals surface area contributed by atoms with Crippen LogP contribution in [0.4, 0.5) is 0 Å². The topological polar surface area (TPSA) is 49.3 Å². The van der Waals surface area contributed by atoms with Crippen LogP contribution in [-0.4, -0.2) is 88.5 Å². The van der Waals surface area contributed by atoms with E-state index >= 15 is 0 Å². The number of piperidine rings is 1. The summed E-state index contributed by atoms with van der Waals surface area (Å²) in [6.07, 6.45) is 3.83. The van der Waals surface area contributed by atoms with Gasteiger partial charge in [0.1, 0.15) is 0 Å². The maximum Gasteiger partial charge on any atom is 0.193 e. The second-order valence-electron chi connectivity index (χ2n) is 7.66. The van der Waals surface area contributed by atoms with E-state index in [0.29, 0.717) is 25.2 Å². The number of nitrogens with zero attached hydrogens (tertiary/aromatic N) is 3. The molecule has 2 aliphatic heterocycles. The monoisotopic (exact) mass is 354 g/mol. The molecule has 0 amide bonds. The van der Waals surface area contributed by atoms with Gasteiger partial charge in [0, 0.05) is 45.8 Å². The Hall–Kier alpha value is -0.850. The van der Waals surface area contributed by atoms with Gasteiger partial charge in [-0.3, -0.25) is 9.89 Å². The van der Waals surface area contributed by atoms with E-state index < -0.39 is 0 Å². The number of hydrogen-bond donors (Lipinski definition) is 1. The van der Waals surface area contributed by atoms with E-state index in [9.17, 15) is 0 Å². The molecule has 2 saturated heterocycles. The second kappa shape index (κ2) is 11.0. The number of hydrogen-bond acceptors (Lipinski definition) is 4. The first-order chi connectivity index (χ1) is 12.1. The first-order valence-electron chi connectivity index (χ1n) is 9.90. The van der Waals surface area contributed by atoms with Crippen LogP contribution in [0, 0.1) is 11.8 Å². The molecule has 6 heteroatoms. The minimum atomic E-state index is 0.556. The Morgan fingerprint density at radius 1 is 1.20 bits per heavy atom. The molecule has 2 heterocycles. The Morgan fingerprint density at radius 3 is 2.64 bits per heavy atom. The van der Waals surface area contributed by atoms with E-state index in [-0.39, 0.29) is 0 Å². The van der Waals surface area contributed by atoms with Gasteiger partial charge in [0.15, 0.2) is 5.96 Å². The van der Waals surface area contributed by atoms with Crippen molar-refractivity contribution in [1.82, 2.24) is 15.1 Å². The lowest BCUT2D eigenvalue weighted by atomic mass is 9.98. The lowest BCUT2D eigenvalue weighted by Crippen LogP contribution is -2.48. The number of aliphatic imine (C=N–C) groups is 1. The lowest BCUT2D eigenvalue weighted by molar-refractivity contribution is 0.0536. The van der Waals surface area contributed by atoms with Gasteiger partial charge in [-0.25, -0.2) is 0 Å². The van der Waals surface area contributed by atoms with E-state index in [1.165, 1.54) is 32.4 Å². The number of ether oxygens (including phenoxy) is 2. The molecule has 2 rings (SSSR count). The highest BCUT2D eigenvalue weighted by atomic mass is 16.5. The van der Waals surface area contributed by atoms with Crippen LogP contribution in [0.15, 0.2) is 4.99 Å². The molecule has 0 aliphatic carbocycles. The average Bonchev–Trinajstić information content (AvgIpc) is 3.08. The zero-order valence-corrected chi connectivity index (χ0v) is 16.7. The SMILES string of the molecule is CN=C(NCC(C)N1CCC(C)CC1)N1CCC(COCCOC)C1. The summed E-state index contributed by atoms with van der Waals surface area (Å²) in [5, 5.41) is 3.59. The summed E-state index contributed by atoms with van der Waals surface area (Å²) in [4.78, 5) is 9.47. The fourth-order valence-electron chi connectivity index (χ4n) is 3.72. The molecule has 1 N–H and O–H groups in total. The molecule has 0 radical (unpaired) electrons. The summed E-state index contributed by atoms with van der Waals surface area (Å²) in [5.41, 5.74) is 0. The molecule has 2 atom stereocenters. The van der Waals surface area contributed by atoms with Gasteiger partial charge in [0.2, 0.25) is 0 Å². The Kier molecular flexibility index (Phi) is 8.99. The third kappa shape index (κ3) is 6.76. The van der Waals surface area contributed by atoms with Gasteiger partial charge in [-0.1, -0.05) is 6.92 Å². The number of nitrogens with one attached hydrogen (secondary N) is 1. The Balaban J connectivity index is 1.68. The summed E-state index contributed by atoms with van der Waals surface area (Å²) in [7, 11) is 3.60. The maximum atomic E-state index is 5.69. The average molecular weight is 355 g/mol. The van der Waals surface area contributed by atoms with Crippen LogP contribution >= 0.6 is 0 Å². The van der Waals surface area contributed by atoms with Crippen molar-refractivity contribution in [1.29, 1.82) is 0 Å². The fourth-order valence-corrected chi connectivity index (χ4v) is 3.72. The third-order valence-corrected chi connectivity index (χ3v) is 5.58. The van der Waals surface area contributed by atoms with Crippen molar-refractivity contribution in [2.75, 3.05) is 66.7 Å². The molecular formula is C19H38N4O2. The molecule has 0 spiro atoms. The molecule has 0 bridgehead atoms. The van der Waals surface area contributed by atoms with Gasteiger partial charge in [0.25, 0.3) is 0 Å². The number of guanidine groups is 1. The first-order valence-corrected chi connectivity index (χ1v) is 9.90. The van der Waals surface area contributed by atoms with E-state index in [1.54, 1.807) is 7.11 Å². The van der Waals surface area contributed by atoms with E-state index in [4.69, 9.17) is 9.47 Å². The predicted octanol–water partition coefficient (Wildman–Crippen LogP) is 1.67. The van der Waals surface area contributed by atoms with Crippen LogP contribution in [-0.2, 0) is 9.47 Å². The predicted molar refractivity (Wildman–Crippen MR) is 103 cm³/mol. The van der Waals surface area contributed by atoms with E-state index in [1.807, 2.05) is 7.05 Å². The first kappa shape index (κ1) is 20.5. The zero-order valence-electron chi connectivity index (χ0n) is 16.7. The van der Waals surface area contributed by atoms with Gasteiger partial charge in [-0.2, -0.15) is 0 Å². The van der Waals surface area contributed by atoms with Crippen molar-refractivity contribution < 1.29 is 9.47 Å². The van der Waals surface area contributed by atoms with Crippen molar-refractivity contribution >= 4 is 5.96 Å². The van der Waals surface area contributed by atoms with Crippen molar-refractivity contribution in [2.45, 2.75) is 39.2 Å². The summed E-state index contributed by atoms with van der Waals surface area (Å²) >= 11 is 0. The summed E-state index contributed by atoms with van der Waals surface area (Å²) in [5.74, 6) is 2.52. The molecule has 25 heavy (non-hydrogen) atoms. The van der Waals surface area contributed by atoms with Crippen LogP contribution in [0.2, 0.25) is 0 Å². The van der Waals surface area contributed by atoms with Gasteiger partial charge in [-0.05, 0) is 45.2 Å². The smallest absolute Gasteiger partial charge is 0.193 e.